The first kappa shape index (κ1) is 8.91. The van der Waals surface area contributed by atoms with Gasteiger partial charge in [-0.2, -0.15) is 0 Å². The average molecular weight is 151 g/mol. The lowest BCUT2D eigenvalue weighted by Crippen LogP contribution is -2.27. The first-order valence-corrected chi connectivity index (χ1v) is 4.95. The third-order valence-corrected chi connectivity index (χ3v) is 2.07. The molecule has 2 N–H and O–H groups in total. The molecule has 0 aromatic heterocycles. The van der Waals surface area contributed by atoms with Gasteiger partial charge < -0.3 is 5.73 Å². The van der Waals surface area contributed by atoms with E-state index in [-0.39, 0.29) is 11.8 Å². The molecular formula is C5H13NO2S. The molecule has 0 aliphatic carbocycles. The van der Waals surface area contributed by atoms with E-state index >= 15 is 0 Å². The fraction of sp³-hybridized carbons (Fsp3) is 1.00. The largest absolute Gasteiger partial charge is 0.327 e. The summed E-state index contributed by atoms with van der Waals surface area (Å²) in [7, 11) is -2.86. The lowest BCUT2D eigenvalue weighted by molar-refractivity contribution is 0.589. The SMILES string of the molecule is CC[C@@H](N)CS(C)(=O)=O. The van der Waals surface area contributed by atoms with Crippen molar-refractivity contribution in [2.45, 2.75) is 19.4 Å². The fourth-order valence-corrected chi connectivity index (χ4v) is 1.52. The zero-order valence-corrected chi connectivity index (χ0v) is 6.61. The van der Waals surface area contributed by atoms with Gasteiger partial charge in [0.25, 0.3) is 0 Å². The standard InChI is InChI=1S/C5H13NO2S/c1-3-5(6)4-9(2,7)8/h5H,3-4,6H2,1-2H3/t5-/m1/s1. The first-order chi connectivity index (χ1) is 3.95. The summed E-state index contributed by atoms with van der Waals surface area (Å²) in [5.41, 5.74) is 5.38. The monoisotopic (exact) mass is 151 g/mol. The molecule has 0 fully saturated rings. The van der Waals surface area contributed by atoms with Crippen molar-refractivity contribution in [1.29, 1.82) is 0 Å². The predicted molar refractivity (Wildman–Crippen MR) is 38.0 cm³/mol. The Hall–Kier alpha value is -0.0900. The van der Waals surface area contributed by atoms with Crippen LogP contribution in [0.3, 0.4) is 0 Å². The Labute approximate surface area is 56.2 Å². The molecule has 0 aromatic carbocycles. The van der Waals surface area contributed by atoms with Crippen LogP contribution in [0.15, 0.2) is 0 Å². The third kappa shape index (κ3) is 5.79. The summed E-state index contributed by atoms with van der Waals surface area (Å²) < 4.78 is 21.0. The lowest BCUT2D eigenvalue weighted by Gasteiger charge is -2.04. The molecule has 0 heterocycles. The fourth-order valence-electron chi connectivity index (χ4n) is 0.507. The van der Waals surface area contributed by atoms with E-state index in [4.69, 9.17) is 5.73 Å². The summed E-state index contributed by atoms with van der Waals surface area (Å²) in [6.07, 6.45) is 1.91. The van der Waals surface area contributed by atoms with Crippen molar-refractivity contribution >= 4 is 9.84 Å². The molecule has 56 valence electrons. The molecule has 3 nitrogen and oxygen atoms in total. The summed E-state index contributed by atoms with van der Waals surface area (Å²) in [5.74, 6) is 0.101. The van der Waals surface area contributed by atoms with Gasteiger partial charge in [-0.1, -0.05) is 6.92 Å². The molecule has 0 radical (unpaired) electrons. The predicted octanol–water partition coefficient (Wildman–Crippen LogP) is -0.232. The first-order valence-electron chi connectivity index (χ1n) is 2.89. The Balaban J connectivity index is 3.75. The van der Waals surface area contributed by atoms with Crippen LogP contribution in [0.4, 0.5) is 0 Å². The molecule has 0 aliphatic heterocycles. The van der Waals surface area contributed by atoms with Gasteiger partial charge >= 0.3 is 0 Å². The van der Waals surface area contributed by atoms with Gasteiger partial charge in [-0.3, -0.25) is 0 Å². The minimum Gasteiger partial charge on any atom is -0.327 e. The van der Waals surface area contributed by atoms with Crippen LogP contribution in [0.5, 0.6) is 0 Å². The third-order valence-electron chi connectivity index (χ3n) is 1.04. The Morgan fingerprint density at radius 2 is 2.00 bits per heavy atom. The number of nitrogens with two attached hydrogens (primary N) is 1. The molecule has 0 rings (SSSR count). The van der Waals surface area contributed by atoms with Crippen LogP contribution in [-0.2, 0) is 9.84 Å². The molecule has 1 atom stereocenters. The summed E-state index contributed by atoms with van der Waals surface area (Å²) in [4.78, 5) is 0. The second-order valence-corrected chi connectivity index (χ2v) is 4.45. The molecule has 0 aliphatic rings. The van der Waals surface area contributed by atoms with Gasteiger partial charge in [-0.15, -0.1) is 0 Å². The Morgan fingerprint density at radius 3 is 2.11 bits per heavy atom. The Bertz CT molecular complexity index is 162. The summed E-state index contributed by atoms with van der Waals surface area (Å²) in [5, 5.41) is 0. The second-order valence-electron chi connectivity index (χ2n) is 2.26. The van der Waals surface area contributed by atoms with E-state index in [9.17, 15) is 8.42 Å². The minimum absolute atomic E-state index is 0.101. The summed E-state index contributed by atoms with van der Waals surface area (Å²) in [6, 6.07) is -0.194. The molecule has 0 bridgehead atoms. The highest BCUT2D eigenvalue weighted by Crippen LogP contribution is 1.91. The van der Waals surface area contributed by atoms with Gasteiger partial charge in [0.15, 0.2) is 0 Å². The summed E-state index contributed by atoms with van der Waals surface area (Å²) in [6.45, 7) is 1.87. The van der Waals surface area contributed by atoms with Crippen molar-refractivity contribution in [3.63, 3.8) is 0 Å². The van der Waals surface area contributed by atoms with Gasteiger partial charge in [0, 0.05) is 12.3 Å². The highest BCUT2D eigenvalue weighted by atomic mass is 32.2. The zero-order chi connectivity index (χ0) is 7.49. The van der Waals surface area contributed by atoms with Crippen LogP contribution < -0.4 is 5.73 Å². The van der Waals surface area contributed by atoms with Crippen LogP contribution >= 0.6 is 0 Å². The molecule has 0 saturated heterocycles. The van der Waals surface area contributed by atoms with Crippen molar-refractivity contribution < 1.29 is 8.42 Å². The van der Waals surface area contributed by atoms with Crippen LogP contribution in [0.1, 0.15) is 13.3 Å². The zero-order valence-electron chi connectivity index (χ0n) is 5.79. The second kappa shape index (κ2) is 3.17. The van der Waals surface area contributed by atoms with E-state index < -0.39 is 9.84 Å². The van der Waals surface area contributed by atoms with Crippen LogP contribution in [0.25, 0.3) is 0 Å². The molecule has 0 spiro atoms. The number of hydrogen-bond acceptors (Lipinski definition) is 3. The van der Waals surface area contributed by atoms with E-state index in [2.05, 4.69) is 0 Å². The van der Waals surface area contributed by atoms with Crippen molar-refractivity contribution in [2.24, 2.45) is 5.73 Å². The lowest BCUT2D eigenvalue weighted by atomic mass is 10.3. The maximum Gasteiger partial charge on any atom is 0.148 e. The van der Waals surface area contributed by atoms with E-state index in [1.54, 1.807) is 0 Å². The van der Waals surface area contributed by atoms with Crippen molar-refractivity contribution in [3.8, 4) is 0 Å². The van der Waals surface area contributed by atoms with Gasteiger partial charge in [0.1, 0.15) is 9.84 Å². The summed E-state index contributed by atoms with van der Waals surface area (Å²) >= 11 is 0. The number of hydrogen-bond donors (Lipinski definition) is 1. The Kier molecular flexibility index (Phi) is 3.14. The Morgan fingerprint density at radius 1 is 1.56 bits per heavy atom. The van der Waals surface area contributed by atoms with Crippen molar-refractivity contribution in [2.75, 3.05) is 12.0 Å². The number of rotatable bonds is 3. The van der Waals surface area contributed by atoms with Gasteiger partial charge in [-0.05, 0) is 6.42 Å². The normalized spacial score (nSPS) is 15.4. The van der Waals surface area contributed by atoms with Crippen molar-refractivity contribution in [3.05, 3.63) is 0 Å². The quantitative estimate of drug-likeness (QED) is 0.606. The van der Waals surface area contributed by atoms with Crippen LogP contribution in [0.2, 0.25) is 0 Å². The van der Waals surface area contributed by atoms with Crippen LogP contribution in [-0.4, -0.2) is 26.5 Å². The molecular weight excluding hydrogens is 138 g/mol. The molecule has 0 saturated carbocycles. The number of sulfone groups is 1. The molecule has 0 amide bonds. The van der Waals surface area contributed by atoms with Gasteiger partial charge in [0.2, 0.25) is 0 Å². The van der Waals surface area contributed by atoms with Crippen molar-refractivity contribution in [1.82, 2.24) is 0 Å². The van der Waals surface area contributed by atoms with Gasteiger partial charge in [-0.25, -0.2) is 8.42 Å². The van der Waals surface area contributed by atoms with Gasteiger partial charge in [0.05, 0.1) is 5.75 Å². The molecule has 4 heteroatoms. The van der Waals surface area contributed by atoms with E-state index in [1.807, 2.05) is 6.92 Å². The van der Waals surface area contributed by atoms with E-state index in [0.717, 1.165) is 0 Å². The highest BCUT2D eigenvalue weighted by Gasteiger charge is 2.07. The highest BCUT2D eigenvalue weighted by molar-refractivity contribution is 7.90. The van der Waals surface area contributed by atoms with E-state index in [0.29, 0.717) is 6.42 Å². The average Bonchev–Trinajstić information content (AvgIpc) is 1.62. The molecule has 0 unspecified atom stereocenters. The topological polar surface area (TPSA) is 60.2 Å². The smallest absolute Gasteiger partial charge is 0.148 e. The molecule has 0 aromatic rings. The minimum atomic E-state index is -2.86. The maximum atomic E-state index is 10.5. The maximum absolute atomic E-state index is 10.5. The molecule has 9 heavy (non-hydrogen) atoms. The van der Waals surface area contributed by atoms with E-state index in [1.165, 1.54) is 6.26 Å². The van der Waals surface area contributed by atoms with Crippen LogP contribution in [0, 0.1) is 0 Å².